The number of halogens is 2. The monoisotopic (exact) mass is 310 g/mol. The molecule has 0 saturated heterocycles. The second-order valence-electron chi connectivity index (χ2n) is 4.64. The molecule has 1 heterocycles. The van der Waals surface area contributed by atoms with Crippen molar-refractivity contribution in [1.29, 1.82) is 0 Å². The number of aromatic nitrogens is 2. The van der Waals surface area contributed by atoms with Crippen molar-refractivity contribution in [3.63, 3.8) is 0 Å². The van der Waals surface area contributed by atoms with Gasteiger partial charge in [0.25, 0.3) is 11.3 Å². The van der Waals surface area contributed by atoms with E-state index in [-0.39, 0.29) is 5.56 Å². The molecular formula is C15H16F2N2OS. The molecule has 1 aromatic heterocycles. The van der Waals surface area contributed by atoms with E-state index in [1.807, 2.05) is 6.92 Å². The van der Waals surface area contributed by atoms with E-state index < -0.39 is 5.76 Å². The summed E-state index contributed by atoms with van der Waals surface area (Å²) in [7, 11) is 0. The lowest BCUT2D eigenvalue weighted by Crippen LogP contribution is -2.16. The molecule has 0 fully saturated rings. The standard InChI is InChI=1S/C15H16F2N2OS/c1-3-4-12-18-13(9(2)14(20)19-12)10-5-7-11(8-6-10)21-15(16)17/h5-8,15H,3-4H2,1-2H3,(H,18,19,20). The van der Waals surface area contributed by atoms with Crippen molar-refractivity contribution in [2.45, 2.75) is 37.3 Å². The summed E-state index contributed by atoms with van der Waals surface area (Å²) in [5.41, 5.74) is 1.74. The minimum atomic E-state index is -2.44. The Balaban J connectivity index is 2.39. The van der Waals surface area contributed by atoms with Crippen molar-refractivity contribution in [1.82, 2.24) is 9.97 Å². The van der Waals surface area contributed by atoms with E-state index in [2.05, 4.69) is 9.97 Å². The Kier molecular flexibility index (Phi) is 5.12. The molecule has 0 saturated carbocycles. The fourth-order valence-corrected chi connectivity index (χ4v) is 2.51. The first-order valence-electron chi connectivity index (χ1n) is 6.66. The summed E-state index contributed by atoms with van der Waals surface area (Å²) < 4.78 is 24.6. The highest BCUT2D eigenvalue weighted by Gasteiger charge is 2.11. The number of H-pyrrole nitrogens is 1. The van der Waals surface area contributed by atoms with Gasteiger partial charge in [0, 0.05) is 22.4 Å². The fraction of sp³-hybridized carbons (Fsp3) is 0.333. The van der Waals surface area contributed by atoms with E-state index >= 15 is 0 Å². The zero-order chi connectivity index (χ0) is 15.4. The fourth-order valence-electron chi connectivity index (χ4n) is 2.01. The number of rotatable bonds is 5. The number of benzene rings is 1. The van der Waals surface area contributed by atoms with Crippen LogP contribution in [-0.4, -0.2) is 15.7 Å². The molecule has 0 unspecified atom stereocenters. The normalized spacial score (nSPS) is 11.1. The predicted molar refractivity (Wildman–Crippen MR) is 80.9 cm³/mol. The van der Waals surface area contributed by atoms with Crippen LogP contribution in [-0.2, 0) is 6.42 Å². The number of thioether (sulfide) groups is 1. The Morgan fingerprint density at radius 3 is 2.52 bits per heavy atom. The molecule has 6 heteroatoms. The van der Waals surface area contributed by atoms with Crippen molar-refractivity contribution >= 4 is 11.8 Å². The number of alkyl halides is 2. The molecule has 0 bridgehead atoms. The predicted octanol–water partition coefficient (Wildman–Crippen LogP) is 4.01. The van der Waals surface area contributed by atoms with E-state index in [1.165, 1.54) is 0 Å². The van der Waals surface area contributed by atoms with Crippen LogP contribution in [0.3, 0.4) is 0 Å². The summed E-state index contributed by atoms with van der Waals surface area (Å²) in [5.74, 6) is -1.79. The topological polar surface area (TPSA) is 45.8 Å². The van der Waals surface area contributed by atoms with Crippen molar-refractivity contribution < 1.29 is 8.78 Å². The largest absolute Gasteiger partial charge is 0.310 e. The first kappa shape index (κ1) is 15.7. The third kappa shape index (κ3) is 3.91. The average molecular weight is 310 g/mol. The molecule has 0 aliphatic rings. The van der Waals surface area contributed by atoms with Gasteiger partial charge in [0.1, 0.15) is 5.82 Å². The van der Waals surface area contributed by atoms with Gasteiger partial charge in [-0.25, -0.2) is 4.98 Å². The van der Waals surface area contributed by atoms with E-state index in [0.29, 0.717) is 40.2 Å². The third-order valence-electron chi connectivity index (χ3n) is 3.04. The molecule has 21 heavy (non-hydrogen) atoms. The Hall–Kier alpha value is -1.69. The van der Waals surface area contributed by atoms with Gasteiger partial charge in [-0.1, -0.05) is 30.8 Å². The molecular weight excluding hydrogens is 294 g/mol. The van der Waals surface area contributed by atoms with E-state index in [1.54, 1.807) is 31.2 Å². The number of hydrogen-bond donors (Lipinski definition) is 1. The van der Waals surface area contributed by atoms with E-state index in [4.69, 9.17) is 0 Å². The highest BCUT2D eigenvalue weighted by atomic mass is 32.2. The lowest BCUT2D eigenvalue weighted by Gasteiger charge is -2.08. The average Bonchev–Trinajstić information content (AvgIpc) is 2.43. The van der Waals surface area contributed by atoms with Crippen molar-refractivity contribution in [3.8, 4) is 11.3 Å². The van der Waals surface area contributed by atoms with Crippen LogP contribution in [0.1, 0.15) is 24.7 Å². The van der Waals surface area contributed by atoms with Gasteiger partial charge in [-0.2, -0.15) is 8.78 Å². The van der Waals surface area contributed by atoms with Crippen LogP contribution in [0.4, 0.5) is 8.78 Å². The summed E-state index contributed by atoms with van der Waals surface area (Å²) in [6, 6.07) is 6.67. The summed E-state index contributed by atoms with van der Waals surface area (Å²) >= 11 is 0.499. The molecule has 0 aliphatic heterocycles. The molecule has 112 valence electrons. The number of aryl methyl sites for hydroxylation is 1. The Morgan fingerprint density at radius 1 is 1.29 bits per heavy atom. The summed E-state index contributed by atoms with van der Waals surface area (Å²) in [5, 5.41) is 0. The number of aromatic amines is 1. The Labute approximate surface area is 125 Å². The summed E-state index contributed by atoms with van der Waals surface area (Å²) in [6.07, 6.45) is 1.58. The molecule has 2 rings (SSSR count). The van der Waals surface area contributed by atoms with E-state index in [9.17, 15) is 13.6 Å². The van der Waals surface area contributed by atoms with Gasteiger partial charge >= 0.3 is 0 Å². The smallest absolute Gasteiger partial charge is 0.288 e. The molecule has 0 atom stereocenters. The van der Waals surface area contributed by atoms with Crippen LogP contribution in [0.2, 0.25) is 0 Å². The first-order chi connectivity index (χ1) is 10.0. The zero-order valence-corrected chi connectivity index (χ0v) is 12.6. The SMILES string of the molecule is CCCc1nc(-c2ccc(SC(F)F)cc2)c(C)c(=O)[nH]1. The second-order valence-corrected chi connectivity index (χ2v) is 5.70. The maximum atomic E-state index is 12.3. The Bertz CT molecular complexity index is 668. The van der Waals surface area contributed by atoms with Crippen molar-refractivity contribution in [2.24, 2.45) is 0 Å². The van der Waals surface area contributed by atoms with Gasteiger partial charge in [-0.3, -0.25) is 4.79 Å². The van der Waals surface area contributed by atoms with Crippen LogP contribution in [0.5, 0.6) is 0 Å². The van der Waals surface area contributed by atoms with Gasteiger partial charge < -0.3 is 4.98 Å². The molecule has 2 aromatic rings. The van der Waals surface area contributed by atoms with Crippen molar-refractivity contribution in [2.75, 3.05) is 0 Å². The van der Waals surface area contributed by atoms with Gasteiger partial charge in [0.2, 0.25) is 0 Å². The lowest BCUT2D eigenvalue weighted by atomic mass is 10.1. The quantitative estimate of drug-likeness (QED) is 0.849. The highest BCUT2D eigenvalue weighted by Crippen LogP contribution is 2.28. The maximum Gasteiger partial charge on any atom is 0.288 e. The molecule has 0 radical (unpaired) electrons. The molecule has 0 spiro atoms. The minimum Gasteiger partial charge on any atom is -0.310 e. The second kappa shape index (κ2) is 6.85. The molecule has 0 aliphatic carbocycles. The molecule has 0 amide bonds. The lowest BCUT2D eigenvalue weighted by molar-refractivity contribution is 0.252. The van der Waals surface area contributed by atoms with Crippen molar-refractivity contribution in [3.05, 3.63) is 46.0 Å². The van der Waals surface area contributed by atoms with Crippen LogP contribution in [0.25, 0.3) is 11.3 Å². The van der Waals surface area contributed by atoms with Gasteiger partial charge in [0.15, 0.2) is 0 Å². The highest BCUT2D eigenvalue weighted by molar-refractivity contribution is 7.99. The number of hydrogen-bond acceptors (Lipinski definition) is 3. The van der Waals surface area contributed by atoms with Crippen LogP contribution >= 0.6 is 11.8 Å². The summed E-state index contributed by atoms with van der Waals surface area (Å²) in [4.78, 5) is 19.6. The zero-order valence-electron chi connectivity index (χ0n) is 11.8. The maximum absolute atomic E-state index is 12.3. The molecule has 1 aromatic carbocycles. The number of nitrogens with one attached hydrogen (secondary N) is 1. The van der Waals surface area contributed by atoms with Crippen LogP contribution < -0.4 is 5.56 Å². The molecule has 3 nitrogen and oxygen atoms in total. The Morgan fingerprint density at radius 2 is 1.95 bits per heavy atom. The summed E-state index contributed by atoms with van der Waals surface area (Å²) in [6.45, 7) is 3.72. The van der Waals surface area contributed by atoms with Gasteiger partial charge in [-0.15, -0.1) is 0 Å². The van der Waals surface area contributed by atoms with Crippen LogP contribution in [0, 0.1) is 6.92 Å². The first-order valence-corrected chi connectivity index (χ1v) is 7.54. The number of nitrogens with zero attached hydrogens (tertiary/aromatic N) is 1. The van der Waals surface area contributed by atoms with Gasteiger partial charge in [-0.05, 0) is 25.5 Å². The minimum absolute atomic E-state index is 0.158. The van der Waals surface area contributed by atoms with Gasteiger partial charge in [0.05, 0.1) is 5.69 Å². The third-order valence-corrected chi connectivity index (χ3v) is 3.76. The van der Waals surface area contributed by atoms with Crippen LogP contribution in [0.15, 0.2) is 34.0 Å². The molecule has 1 N–H and O–H groups in total. The van der Waals surface area contributed by atoms with E-state index in [0.717, 1.165) is 12.0 Å².